The zero-order chi connectivity index (χ0) is 15.1. The summed E-state index contributed by atoms with van der Waals surface area (Å²) >= 11 is 0. The first-order chi connectivity index (χ1) is 10.3. The van der Waals surface area contributed by atoms with Crippen LogP contribution in [0.2, 0.25) is 0 Å². The summed E-state index contributed by atoms with van der Waals surface area (Å²) in [5.41, 5.74) is 0.950. The molecule has 0 bridgehead atoms. The molecule has 2 unspecified atom stereocenters. The minimum absolute atomic E-state index is 0.0881. The highest BCUT2D eigenvalue weighted by Gasteiger charge is 2.21. The molecule has 2 rings (SSSR count). The number of carbonyl (C=O) groups is 1. The lowest BCUT2D eigenvalue weighted by Gasteiger charge is -2.22. The van der Waals surface area contributed by atoms with Gasteiger partial charge in [0.15, 0.2) is 0 Å². The number of nitrogens with one attached hydrogen (secondary N) is 1. The maximum Gasteiger partial charge on any atom is 0.223 e. The summed E-state index contributed by atoms with van der Waals surface area (Å²) < 4.78 is 10.9. The van der Waals surface area contributed by atoms with Gasteiger partial charge in [-0.1, -0.05) is 30.4 Å². The molecule has 2 atom stereocenters. The van der Waals surface area contributed by atoms with Crippen molar-refractivity contribution < 1.29 is 14.3 Å². The summed E-state index contributed by atoms with van der Waals surface area (Å²) in [7, 11) is 3.28. The van der Waals surface area contributed by atoms with Gasteiger partial charge in [-0.2, -0.15) is 0 Å². The van der Waals surface area contributed by atoms with E-state index in [4.69, 9.17) is 9.47 Å². The van der Waals surface area contributed by atoms with Crippen LogP contribution in [0.5, 0.6) is 5.75 Å². The van der Waals surface area contributed by atoms with Crippen LogP contribution in [0.15, 0.2) is 36.4 Å². The van der Waals surface area contributed by atoms with Crippen molar-refractivity contribution in [2.24, 2.45) is 5.92 Å². The van der Waals surface area contributed by atoms with Crippen LogP contribution in [0.1, 0.15) is 30.9 Å². The van der Waals surface area contributed by atoms with Gasteiger partial charge in [0.1, 0.15) is 11.9 Å². The molecule has 0 heterocycles. The number of amides is 1. The van der Waals surface area contributed by atoms with Crippen LogP contribution in [0, 0.1) is 5.92 Å². The molecule has 4 nitrogen and oxygen atoms in total. The molecule has 0 fully saturated rings. The molecule has 1 aromatic rings. The summed E-state index contributed by atoms with van der Waals surface area (Å²) in [4.78, 5) is 12.2. The van der Waals surface area contributed by atoms with Crippen molar-refractivity contribution in [2.75, 3.05) is 20.8 Å². The van der Waals surface area contributed by atoms with Crippen LogP contribution < -0.4 is 10.1 Å². The number of hydrogen-bond acceptors (Lipinski definition) is 3. The van der Waals surface area contributed by atoms with Crippen LogP contribution in [0.25, 0.3) is 0 Å². The maximum atomic E-state index is 12.2. The first-order valence-electron chi connectivity index (χ1n) is 7.34. The normalized spacial score (nSPS) is 19.0. The Morgan fingerprint density at radius 1 is 1.33 bits per heavy atom. The maximum absolute atomic E-state index is 12.2. The predicted octanol–water partition coefficient (Wildman–Crippen LogP) is 2.86. The largest absolute Gasteiger partial charge is 0.496 e. The van der Waals surface area contributed by atoms with Gasteiger partial charge in [-0.3, -0.25) is 4.79 Å². The Balaban J connectivity index is 1.96. The summed E-state index contributed by atoms with van der Waals surface area (Å²) in [5, 5.41) is 3.00. The van der Waals surface area contributed by atoms with Gasteiger partial charge in [-0.05, 0) is 25.3 Å². The third-order valence-corrected chi connectivity index (χ3v) is 3.87. The van der Waals surface area contributed by atoms with E-state index in [1.807, 2.05) is 24.3 Å². The van der Waals surface area contributed by atoms with Crippen molar-refractivity contribution >= 4 is 5.91 Å². The van der Waals surface area contributed by atoms with Gasteiger partial charge in [0.25, 0.3) is 0 Å². The fraction of sp³-hybridized carbons (Fsp3) is 0.471. The molecular formula is C17H23NO3. The van der Waals surface area contributed by atoms with Gasteiger partial charge in [-0.15, -0.1) is 0 Å². The number of methoxy groups -OCH3 is 2. The molecule has 0 radical (unpaired) electrons. The minimum Gasteiger partial charge on any atom is -0.496 e. The van der Waals surface area contributed by atoms with Gasteiger partial charge in [-0.25, -0.2) is 0 Å². The SMILES string of the molecule is COc1ccccc1C(CNC(=O)C1CC=CCC1)OC. The van der Waals surface area contributed by atoms with Gasteiger partial charge in [0.2, 0.25) is 5.91 Å². The average molecular weight is 289 g/mol. The van der Waals surface area contributed by atoms with E-state index >= 15 is 0 Å². The molecule has 1 aromatic carbocycles. The fourth-order valence-corrected chi connectivity index (χ4v) is 2.62. The first-order valence-corrected chi connectivity index (χ1v) is 7.34. The molecule has 0 aromatic heterocycles. The standard InChI is InChI=1S/C17H23NO3/c1-20-15-11-7-6-10-14(15)16(21-2)12-18-17(19)13-8-4-3-5-9-13/h3-4,6-7,10-11,13,16H,5,8-9,12H2,1-2H3,(H,18,19). The van der Waals surface area contributed by atoms with Crippen LogP contribution >= 0.6 is 0 Å². The molecule has 21 heavy (non-hydrogen) atoms. The van der Waals surface area contributed by atoms with Crippen molar-refractivity contribution in [3.05, 3.63) is 42.0 Å². The monoisotopic (exact) mass is 289 g/mol. The molecule has 0 saturated heterocycles. The van der Waals surface area contributed by atoms with Crippen LogP contribution in [-0.4, -0.2) is 26.7 Å². The summed E-state index contributed by atoms with van der Waals surface area (Å²) in [6, 6.07) is 7.72. The smallest absolute Gasteiger partial charge is 0.223 e. The topological polar surface area (TPSA) is 47.6 Å². The lowest BCUT2D eigenvalue weighted by atomic mass is 9.93. The number of allylic oxidation sites excluding steroid dienone is 2. The minimum atomic E-state index is -0.204. The quantitative estimate of drug-likeness (QED) is 0.819. The molecule has 0 saturated carbocycles. The lowest BCUT2D eigenvalue weighted by molar-refractivity contribution is -0.125. The highest BCUT2D eigenvalue weighted by Crippen LogP contribution is 2.26. The second-order valence-electron chi connectivity index (χ2n) is 5.19. The van der Waals surface area contributed by atoms with E-state index in [0.29, 0.717) is 6.54 Å². The van der Waals surface area contributed by atoms with Gasteiger partial charge in [0, 0.05) is 25.1 Å². The number of benzene rings is 1. The second kappa shape index (κ2) is 7.84. The number of carbonyl (C=O) groups excluding carboxylic acids is 1. The Hall–Kier alpha value is -1.81. The summed E-state index contributed by atoms with van der Waals surface area (Å²) in [6.07, 6.45) is 6.76. The van der Waals surface area contributed by atoms with E-state index in [-0.39, 0.29) is 17.9 Å². The molecule has 4 heteroatoms. The Morgan fingerprint density at radius 2 is 2.14 bits per heavy atom. The van der Waals surface area contributed by atoms with Crippen molar-refractivity contribution in [2.45, 2.75) is 25.4 Å². The van der Waals surface area contributed by atoms with Crippen molar-refractivity contribution in [1.82, 2.24) is 5.32 Å². The number of ether oxygens (including phenoxy) is 2. The highest BCUT2D eigenvalue weighted by molar-refractivity contribution is 5.79. The van der Waals surface area contributed by atoms with Crippen LogP contribution in [0.3, 0.4) is 0 Å². The van der Waals surface area contributed by atoms with Crippen LogP contribution in [0.4, 0.5) is 0 Å². The number of para-hydroxylation sites is 1. The average Bonchev–Trinajstić information content (AvgIpc) is 2.56. The molecule has 1 aliphatic carbocycles. The van der Waals surface area contributed by atoms with Gasteiger partial charge >= 0.3 is 0 Å². The van der Waals surface area contributed by atoms with E-state index in [0.717, 1.165) is 30.6 Å². The van der Waals surface area contributed by atoms with Crippen LogP contribution in [-0.2, 0) is 9.53 Å². The zero-order valence-electron chi connectivity index (χ0n) is 12.7. The molecule has 1 aliphatic rings. The molecule has 0 aliphatic heterocycles. The van der Waals surface area contributed by atoms with E-state index < -0.39 is 0 Å². The highest BCUT2D eigenvalue weighted by atomic mass is 16.5. The number of hydrogen-bond donors (Lipinski definition) is 1. The Kier molecular flexibility index (Phi) is 5.81. The van der Waals surface area contributed by atoms with E-state index in [2.05, 4.69) is 17.5 Å². The van der Waals surface area contributed by atoms with E-state index in [1.54, 1.807) is 14.2 Å². The Labute approximate surface area is 126 Å². The van der Waals surface area contributed by atoms with Gasteiger partial charge in [0.05, 0.1) is 7.11 Å². The number of rotatable bonds is 6. The Morgan fingerprint density at radius 3 is 2.81 bits per heavy atom. The second-order valence-corrected chi connectivity index (χ2v) is 5.19. The zero-order valence-corrected chi connectivity index (χ0v) is 12.7. The third-order valence-electron chi connectivity index (χ3n) is 3.87. The van der Waals surface area contributed by atoms with E-state index in [1.165, 1.54) is 0 Å². The predicted molar refractivity (Wildman–Crippen MR) is 82.2 cm³/mol. The molecule has 0 spiro atoms. The lowest BCUT2D eigenvalue weighted by Crippen LogP contribution is -2.34. The van der Waals surface area contributed by atoms with Crippen molar-refractivity contribution in [1.29, 1.82) is 0 Å². The molecule has 1 N–H and O–H groups in total. The Bertz CT molecular complexity index is 499. The van der Waals surface area contributed by atoms with E-state index in [9.17, 15) is 4.79 Å². The first kappa shape index (κ1) is 15.6. The molecule has 114 valence electrons. The summed E-state index contributed by atoms with van der Waals surface area (Å²) in [6.45, 7) is 0.454. The third kappa shape index (κ3) is 4.08. The van der Waals surface area contributed by atoms with Crippen molar-refractivity contribution in [3.8, 4) is 5.75 Å². The molecular weight excluding hydrogens is 266 g/mol. The molecule has 1 amide bonds. The van der Waals surface area contributed by atoms with Gasteiger partial charge < -0.3 is 14.8 Å². The summed E-state index contributed by atoms with van der Waals surface area (Å²) in [5.74, 6) is 0.973. The van der Waals surface area contributed by atoms with Crippen molar-refractivity contribution in [3.63, 3.8) is 0 Å². The fourth-order valence-electron chi connectivity index (χ4n) is 2.62.